The Morgan fingerprint density at radius 3 is 2.19 bits per heavy atom. The fourth-order valence-electron chi connectivity index (χ4n) is 5.75. The third-order valence-electron chi connectivity index (χ3n) is 7.77. The first-order valence-corrected chi connectivity index (χ1v) is 13.4. The Balaban J connectivity index is 1.37. The van der Waals surface area contributed by atoms with Crippen molar-refractivity contribution in [1.29, 1.82) is 0 Å². The molecule has 0 saturated heterocycles. The second kappa shape index (κ2) is 9.78. The number of amides is 1. The molecule has 4 aromatic carbocycles. The molecular formula is C34H23N3O5. The second-order valence-corrected chi connectivity index (χ2v) is 10.3. The number of anilines is 1. The maximum atomic E-state index is 14.0. The molecule has 42 heavy (non-hydrogen) atoms. The molecule has 0 bridgehead atoms. The van der Waals surface area contributed by atoms with Crippen molar-refractivity contribution >= 4 is 45.7 Å². The largest absolute Gasteiger partial charge is 0.507 e. The van der Waals surface area contributed by atoms with Gasteiger partial charge in [0.2, 0.25) is 17.5 Å². The maximum absolute atomic E-state index is 14.0. The summed E-state index contributed by atoms with van der Waals surface area (Å²) in [7, 11) is 0. The van der Waals surface area contributed by atoms with E-state index >= 15 is 0 Å². The van der Waals surface area contributed by atoms with Crippen molar-refractivity contribution in [2.45, 2.75) is 12.8 Å². The van der Waals surface area contributed by atoms with Gasteiger partial charge in [0.05, 0.1) is 17.2 Å². The lowest BCUT2D eigenvalue weighted by atomic mass is 9.72. The van der Waals surface area contributed by atoms with Crippen molar-refractivity contribution < 1.29 is 23.9 Å². The van der Waals surface area contributed by atoms with E-state index in [0.29, 0.717) is 34.0 Å². The molecule has 5 aromatic rings. The Bertz CT molecular complexity index is 1940. The van der Waals surface area contributed by atoms with Gasteiger partial charge in [-0.25, -0.2) is 9.99 Å². The predicted molar refractivity (Wildman–Crippen MR) is 158 cm³/mol. The van der Waals surface area contributed by atoms with Gasteiger partial charge in [0.1, 0.15) is 11.3 Å². The molecule has 2 heterocycles. The van der Waals surface area contributed by atoms with Gasteiger partial charge in [-0.3, -0.25) is 14.4 Å². The van der Waals surface area contributed by atoms with Crippen LogP contribution in [0.3, 0.4) is 0 Å². The molecule has 1 aliphatic carbocycles. The number of Topliss-reactive ketones (excluding diaryl/α,β-unsaturated/α-hetero) is 2. The number of ketones is 2. The van der Waals surface area contributed by atoms with Gasteiger partial charge in [-0.15, -0.1) is 0 Å². The SMILES string of the molecule is CC1=NN(c2ccccc2)C(=O)C1C(C1=C(O)c2ccccc2C(=O)C1=O)c1ccc(-c2nc3ccccc3o2)cc1. The Labute approximate surface area is 240 Å². The average molecular weight is 554 g/mol. The normalized spacial score (nSPS) is 17.5. The highest BCUT2D eigenvalue weighted by molar-refractivity contribution is 6.52. The molecule has 1 aliphatic heterocycles. The van der Waals surface area contributed by atoms with Gasteiger partial charge in [0, 0.05) is 28.3 Å². The number of allylic oxidation sites excluding steroid dienone is 1. The number of carbonyl (C=O) groups is 3. The lowest BCUT2D eigenvalue weighted by Crippen LogP contribution is -2.36. The number of hydrogen-bond donors (Lipinski definition) is 1. The standard InChI is InChI=1S/C34H23N3O5/c1-19-27(34(41)37(36-19)22-9-3-2-4-10-22)28(29-30(38)23-11-5-6-12-24(23)31(39)32(29)40)20-15-17-21(18-16-20)33-35-25-13-7-8-14-26(25)42-33/h2-18,27-28,38H,1H3. The van der Waals surface area contributed by atoms with Gasteiger partial charge in [-0.2, -0.15) is 5.10 Å². The van der Waals surface area contributed by atoms with Crippen molar-refractivity contribution in [1.82, 2.24) is 4.98 Å². The van der Waals surface area contributed by atoms with Gasteiger partial charge in [0.15, 0.2) is 5.58 Å². The van der Waals surface area contributed by atoms with Gasteiger partial charge in [-0.05, 0) is 48.9 Å². The molecule has 0 radical (unpaired) electrons. The van der Waals surface area contributed by atoms with Gasteiger partial charge in [0.25, 0.3) is 5.91 Å². The van der Waals surface area contributed by atoms with Crippen molar-refractivity contribution in [3.05, 3.63) is 125 Å². The summed E-state index contributed by atoms with van der Waals surface area (Å²) in [5, 5.41) is 17.3. The van der Waals surface area contributed by atoms with E-state index in [2.05, 4.69) is 10.1 Å². The first-order chi connectivity index (χ1) is 20.4. The second-order valence-electron chi connectivity index (χ2n) is 10.3. The molecule has 1 N–H and O–H groups in total. The quantitative estimate of drug-likeness (QED) is 0.254. The van der Waals surface area contributed by atoms with Crippen LogP contribution in [0.2, 0.25) is 0 Å². The van der Waals surface area contributed by atoms with E-state index in [-0.39, 0.29) is 28.4 Å². The summed E-state index contributed by atoms with van der Waals surface area (Å²) in [6.07, 6.45) is 0. The first kappa shape index (κ1) is 25.3. The van der Waals surface area contributed by atoms with Crippen LogP contribution in [0.5, 0.6) is 0 Å². The van der Waals surface area contributed by atoms with Crippen LogP contribution >= 0.6 is 0 Å². The number of hydrazone groups is 1. The Morgan fingerprint density at radius 2 is 1.45 bits per heavy atom. The maximum Gasteiger partial charge on any atom is 0.257 e. The third kappa shape index (κ3) is 3.96. The molecular weight excluding hydrogens is 530 g/mol. The van der Waals surface area contributed by atoms with Crippen molar-refractivity contribution in [3.8, 4) is 11.5 Å². The van der Waals surface area contributed by atoms with E-state index in [4.69, 9.17) is 4.42 Å². The van der Waals surface area contributed by atoms with Crippen LogP contribution in [0.1, 0.15) is 34.3 Å². The van der Waals surface area contributed by atoms with E-state index < -0.39 is 23.4 Å². The van der Waals surface area contributed by atoms with Gasteiger partial charge < -0.3 is 9.52 Å². The predicted octanol–water partition coefficient (Wildman–Crippen LogP) is 6.35. The van der Waals surface area contributed by atoms with Crippen LogP contribution < -0.4 is 5.01 Å². The molecule has 1 amide bonds. The van der Waals surface area contributed by atoms with Crippen LogP contribution in [-0.2, 0) is 9.59 Å². The fraction of sp³-hybridized carbons (Fsp3) is 0.0882. The van der Waals surface area contributed by atoms with E-state index in [1.807, 2.05) is 30.3 Å². The highest BCUT2D eigenvalue weighted by Gasteiger charge is 2.47. The van der Waals surface area contributed by atoms with Crippen LogP contribution in [0.15, 0.2) is 118 Å². The monoisotopic (exact) mass is 553 g/mol. The van der Waals surface area contributed by atoms with Crippen LogP contribution in [-0.4, -0.2) is 33.3 Å². The zero-order valence-corrected chi connectivity index (χ0v) is 22.4. The Kier molecular flexibility index (Phi) is 5.90. The summed E-state index contributed by atoms with van der Waals surface area (Å²) in [6.45, 7) is 1.71. The van der Waals surface area contributed by atoms with Crippen LogP contribution in [0.4, 0.5) is 5.69 Å². The summed E-state index contributed by atoms with van der Waals surface area (Å²) >= 11 is 0. The van der Waals surface area contributed by atoms with E-state index in [9.17, 15) is 19.5 Å². The Morgan fingerprint density at radius 1 is 0.786 bits per heavy atom. The number of hydrogen-bond acceptors (Lipinski definition) is 7. The average Bonchev–Trinajstić information content (AvgIpc) is 3.59. The topological polar surface area (TPSA) is 113 Å². The number of rotatable bonds is 5. The van der Waals surface area contributed by atoms with Gasteiger partial charge in [-0.1, -0.05) is 66.7 Å². The van der Waals surface area contributed by atoms with Crippen molar-refractivity contribution in [3.63, 3.8) is 0 Å². The number of aliphatic hydroxyl groups is 1. The lowest BCUT2D eigenvalue weighted by molar-refractivity contribution is -0.120. The zero-order chi connectivity index (χ0) is 29.0. The molecule has 0 saturated carbocycles. The molecule has 2 unspecified atom stereocenters. The number of aliphatic hydroxyl groups excluding tert-OH is 1. The molecule has 2 atom stereocenters. The highest BCUT2D eigenvalue weighted by Crippen LogP contribution is 2.44. The summed E-state index contributed by atoms with van der Waals surface area (Å²) in [4.78, 5) is 45.5. The smallest absolute Gasteiger partial charge is 0.257 e. The number of aromatic nitrogens is 1. The van der Waals surface area contributed by atoms with E-state index in [0.717, 1.165) is 5.52 Å². The molecule has 1 aromatic heterocycles. The zero-order valence-electron chi connectivity index (χ0n) is 22.4. The van der Waals surface area contributed by atoms with Crippen molar-refractivity contribution in [2.75, 3.05) is 5.01 Å². The van der Waals surface area contributed by atoms with E-state index in [1.165, 1.54) is 11.1 Å². The summed E-state index contributed by atoms with van der Waals surface area (Å²) in [6, 6.07) is 29.9. The number of carbonyl (C=O) groups excluding carboxylic acids is 3. The summed E-state index contributed by atoms with van der Waals surface area (Å²) in [5.74, 6) is -3.78. The number of benzene rings is 4. The minimum Gasteiger partial charge on any atom is -0.507 e. The van der Waals surface area contributed by atoms with E-state index in [1.54, 1.807) is 73.7 Å². The van der Waals surface area contributed by atoms with Crippen molar-refractivity contribution in [2.24, 2.45) is 11.0 Å². The molecule has 8 heteroatoms. The number of para-hydroxylation sites is 3. The minimum atomic E-state index is -0.988. The summed E-state index contributed by atoms with van der Waals surface area (Å²) < 4.78 is 5.92. The number of oxazole rings is 1. The molecule has 2 aliphatic rings. The minimum absolute atomic E-state index is 0.128. The van der Waals surface area contributed by atoms with Gasteiger partial charge >= 0.3 is 0 Å². The lowest BCUT2D eigenvalue weighted by Gasteiger charge is -2.29. The molecule has 8 nitrogen and oxygen atoms in total. The third-order valence-corrected chi connectivity index (χ3v) is 7.77. The fourth-order valence-corrected chi connectivity index (χ4v) is 5.75. The highest BCUT2D eigenvalue weighted by atomic mass is 16.3. The Hall–Kier alpha value is -5.63. The summed E-state index contributed by atoms with van der Waals surface area (Å²) in [5.41, 5.74) is 3.90. The molecule has 0 fully saturated rings. The number of nitrogens with zero attached hydrogens (tertiary/aromatic N) is 3. The molecule has 7 rings (SSSR count). The van der Waals surface area contributed by atoms with Crippen LogP contribution in [0, 0.1) is 5.92 Å². The first-order valence-electron chi connectivity index (χ1n) is 13.4. The van der Waals surface area contributed by atoms with Crippen LogP contribution in [0.25, 0.3) is 28.3 Å². The number of fused-ring (bicyclic) bond motifs is 2. The molecule has 0 spiro atoms. The molecule has 204 valence electrons.